The highest BCUT2D eigenvalue weighted by Crippen LogP contribution is 2.27. The molecule has 0 fully saturated rings. The molecule has 0 aliphatic rings. The van der Waals surface area contributed by atoms with Crippen LogP contribution in [-0.4, -0.2) is 33.8 Å². The van der Waals surface area contributed by atoms with Crippen molar-refractivity contribution in [3.05, 3.63) is 53.1 Å². The van der Waals surface area contributed by atoms with Gasteiger partial charge < -0.3 is 20.3 Å². The monoisotopic (exact) mass is 347 g/mol. The van der Waals surface area contributed by atoms with Gasteiger partial charge in [-0.3, -0.25) is 0 Å². The number of urea groups is 1. The zero-order valence-corrected chi connectivity index (χ0v) is 14.9. The number of methoxy groups -OCH3 is 1. The number of carbonyl (C=O) groups is 1. The Morgan fingerprint density at radius 1 is 1.17 bits per heavy atom. The summed E-state index contributed by atoms with van der Waals surface area (Å²) in [5, 5.41) is 6.11. The molecule has 24 heavy (non-hydrogen) atoms. The minimum atomic E-state index is -0.291. The van der Waals surface area contributed by atoms with E-state index in [0.717, 1.165) is 12.1 Å². The molecule has 0 saturated heterocycles. The van der Waals surface area contributed by atoms with E-state index in [4.69, 9.17) is 16.3 Å². The van der Waals surface area contributed by atoms with E-state index < -0.39 is 0 Å². The minimum absolute atomic E-state index is 0.291. The standard InChI is InChI=1S/C18H22ClN3O2/c1-22(2)15-7-4-13(5-8-15)10-11-20-18(23)21-16-12-14(19)6-9-17(16)24-3/h4-9,12H,10-11H2,1-3H3,(H2,20,21,23). The average molecular weight is 348 g/mol. The van der Waals surface area contributed by atoms with E-state index in [0.29, 0.717) is 23.0 Å². The van der Waals surface area contributed by atoms with Crippen LogP contribution < -0.4 is 20.3 Å². The summed E-state index contributed by atoms with van der Waals surface area (Å²) >= 11 is 5.95. The van der Waals surface area contributed by atoms with Crippen molar-refractivity contribution < 1.29 is 9.53 Å². The highest BCUT2D eigenvalue weighted by atomic mass is 35.5. The van der Waals surface area contributed by atoms with E-state index in [-0.39, 0.29) is 6.03 Å². The normalized spacial score (nSPS) is 10.2. The van der Waals surface area contributed by atoms with Gasteiger partial charge in [-0.15, -0.1) is 0 Å². The number of amides is 2. The molecule has 128 valence electrons. The summed E-state index contributed by atoms with van der Waals surface area (Å²) in [6.45, 7) is 0.538. The average Bonchev–Trinajstić information content (AvgIpc) is 2.55. The molecule has 0 aliphatic carbocycles. The first-order valence-corrected chi connectivity index (χ1v) is 8.02. The van der Waals surface area contributed by atoms with Gasteiger partial charge in [-0.2, -0.15) is 0 Å². The lowest BCUT2D eigenvalue weighted by Gasteiger charge is -2.13. The molecule has 0 aliphatic heterocycles. The SMILES string of the molecule is COc1ccc(Cl)cc1NC(=O)NCCc1ccc(N(C)C)cc1. The Morgan fingerprint density at radius 3 is 2.50 bits per heavy atom. The Hall–Kier alpha value is -2.40. The van der Waals surface area contributed by atoms with Gasteiger partial charge in [0.15, 0.2) is 0 Å². The summed E-state index contributed by atoms with van der Waals surface area (Å²) in [6, 6.07) is 13.0. The van der Waals surface area contributed by atoms with Crippen LogP contribution in [0.1, 0.15) is 5.56 Å². The molecule has 2 aromatic carbocycles. The highest BCUT2D eigenvalue weighted by molar-refractivity contribution is 6.31. The summed E-state index contributed by atoms with van der Waals surface area (Å²) < 4.78 is 5.20. The first-order valence-electron chi connectivity index (χ1n) is 7.64. The van der Waals surface area contributed by atoms with Crippen molar-refractivity contribution in [1.29, 1.82) is 0 Å². The van der Waals surface area contributed by atoms with Crippen LogP contribution in [0.4, 0.5) is 16.2 Å². The zero-order valence-electron chi connectivity index (χ0n) is 14.1. The van der Waals surface area contributed by atoms with Crippen molar-refractivity contribution in [2.45, 2.75) is 6.42 Å². The molecule has 2 rings (SSSR count). The van der Waals surface area contributed by atoms with Gasteiger partial charge in [0.1, 0.15) is 5.75 Å². The van der Waals surface area contributed by atoms with Crippen molar-refractivity contribution in [3.63, 3.8) is 0 Å². The predicted molar refractivity (Wildman–Crippen MR) is 99.5 cm³/mol. The maximum absolute atomic E-state index is 12.0. The van der Waals surface area contributed by atoms with Crippen molar-refractivity contribution in [2.75, 3.05) is 38.0 Å². The summed E-state index contributed by atoms with van der Waals surface area (Å²) in [5.41, 5.74) is 2.86. The number of anilines is 2. The van der Waals surface area contributed by atoms with Gasteiger partial charge in [0.05, 0.1) is 12.8 Å². The molecule has 5 nitrogen and oxygen atoms in total. The minimum Gasteiger partial charge on any atom is -0.495 e. The number of nitrogens with zero attached hydrogens (tertiary/aromatic N) is 1. The molecule has 0 aromatic heterocycles. The number of rotatable bonds is 6. The molecular weight excluding hydrogens is 326 g/mol. The molecule has 6 heteroatoms. The molecule has 0 saturated carbocycles. The summed E-state index contributed by atoms with van der Waals surface area (Å²) in [6.07, 6.45) is 0.758. The largest absolute Gasteiger partial charge is 0.495 e. The molecule has 0 spiro atoms. The van der Waals surface area contributed by atoms with Crippen LogP contribution in [0, 0.1) is 0 Å². The summed E-state index contributed by atoms with van der Waals surface area (Å²) in [4.78, 5) is 14.0. The first-order chi connectivity index (χ1) is 11.5. The maximum atomic E-state index is 12.0. The van der Waals surface area contributed by atoms with Gasteiger partial charge in [-0.25, -0.2) is 4.79 Å². The Bertz CT molecular complexity index is 687. The Morgan fingerprint density at radius 2 is 1.88 bits per heavy atom. The third-order valence-corrected chi connectivity index (χ3v) is 3.80. The van der Waals surface area contributed by atoms with Crippen molar-refractivity contribution in [3.8, 4) is 5.75 Å². The van der Waals surface area contributed by atoms with Crippen LogP contribution in [0.5, 0.6) is 5.75 Å². The number of halogens is 1. The van der Waals surface area contributed by atoms with Gasteiger partial charge in [0.25, 0.3) is 0 Å². The number of nitrogens with one attached hydrogen (secondary N) is 2. The molecule has 2 aromatic rings. The second-order valence-electron chi connectivity index (χ2n) is 5.54. The molecule has 0 bridgehead atoms. The fourth-order valence-corrected chi connectivity index (χ4v) is 2.40. The van der Waals surface area contributed by atoms with E-state index in [1.807, 2.05) is 19.0 Å². The van der Waals surface area contributed by atoms with Crippen molar-refractivity contribution in [1.82, 2.24) is 5.32 Å². The van der Waals surface area contributed by atoms with Crippen LogP contribution in [0.15, 0.2) is 42.5 Å². The van der Waals surface area contributed by atoms with Crippen LogP contribution in [0.2, 0.25) is 5.02 Å². The van der Waals surface area contributed by atoms with Gasteiger partial charge in [-0.1, -0.05) is 23.7 Å². The number of ether oxygens (including phenoxy) is 1. The second kappa shape index (κ2) is 8.45. The lowest BCUT2D eigenvalue weighted by atomic mass is 10.1. The molecule has 0 atom stereocenters. The maximum Gasteiger partial charge on any atom is 0.319 e. The number of benzene rings is 2. The Kier molecular flexibility index (Phi) is 6.32. The molecule has 0 radical (unpaired) electrons. The zero-order chi connectivity index (χ0) is 17.5. The molecule has 2 amide bonds. The van der Waals surface area contributed by atoms with Crippen LogP contribution >= 0.6 is 11.6 Å². The van der Waals surface area contributed by atoms with Gasteiger partial charge in [0, 0.05) is 31.4 Å². The third kappa shape index (κ3) is 5.06. The first kappa shape index (κ1) is 17.9. The molecular formula is C18H22ClN3O2. The third-order valence-electron chi connectivity index (χ3n) is 3.56. The van der Waals surface area contributed by atoms with Crippen molar-refractivity contribution in [2.24, 2.45) is 0 Å². The quantitative estimate of drug-likeness (QED) is 0.836. The summed E-state index contributed by atoms with van der Waals surface area (Å²) in [7, 11) is 5.56. The fourth-order valence-electron chi connectivity index (χ4n) is 2.23. The highest BCUT2D eigenvalue weighted by Gasteiger charge is 2.08. The van der Waals surface area contributed by atoms with Gasteiger partial charge in [0.2, 0.25) is 0 Å². The fraction of sp³-hybridized carbons (Fsp3) is 0.278. The summed E-state index contributed by atoms with van der Waals surface area (Å²) in [5.74, 6) is 0.564. The topological polar surface area (TPSA) is 53.6 Å². The number of hydrogen-bond acceptors (Lipinski definition) is 3. The molecule has 0 unspecified atom stereocenters. The van der Waals surface area contributed by atoms with E-state index >= 15 is 0 Å². The number of carbonyl (C=O) groups excluding carboxylic acids is 1. The van der Waals surface area contributed by atoms with Crippen LogP contribution in [-0.2, 0) is 6.42 Å². The van der Waals surface area contributed by atoms with Crippen LogP contribution in [0.3, 0.4) is 0 Å². The van der Waals surface area contributed by atoms with Gasteiger partial charge in [-0.05, 0) is 42.3 Å². The lowest BCUT2D eigenvalue weighted by Crippen LogP contribution is -2.30. The van der Waals surface area contributed by atoms with Crippen LogP contribution in [0.25, 0.3) is 0 Å². The van der Waals surface area contributed by atoms with Crippen molar-refractivity contribution >= 4 is 29.0 Å². The van der Waals surface area contributed by atoms with Gasteiger partial charge >= 0.3 is 6.03 Å². The van der Waals surface area contributed by atoms with E-state index in [2.05, 4.69) is 34.9 Å². The molecule has 2 N–H and O–H groups in total. The van der Waals surface area contributed by atoms with E-state index in [9.17, 15) is 4.79 Å². The smallest absolute Gasteiger partial charge is 0.319 e. The molecule has 0 heterocycles. The lowest BCUT2D eigenvalue weighted by molar-refractivity contribution is 0.252. The van der Waals surface area contributed by atoms with E-state index in [1.54, 1.807) is 25.3 Å². The second-order valence-corrected chi connectivity index (χ2v) is 5.97. The Balaban J connectivity index is 1.84. The van der Waals surface area contributed by atoms with E-state index in [1.165, 1.54) is 5.56 Å². The number of hydrogen-bond donors (Lipinski definition) is 2. The Labute approximate surface area is 147 Å². The predicted octanol–water partition coefficient (Wildman–Crippen LogP) is 3.78.